The van der Waals surface area contributed by atoms with Gasteiger partial charge in [0.2, 0.25) is 0 Å². The lowest BCUT2D eigenvalue weighted by molar-refractivity contribution is -0.139. The molecule has 0 heterocycles. The van der Waals surface area contributed by atoms with Crippen LogP contribution in [0.1, 0.15) is 0 Å². The second kappa shape index (κ2) is 3.40. The molecule has 8 heavy (non-hydrogen) atoms. The lowest BCUT2D eigenvalue weighted by atomic mass is 10.3. The molecule has 0 fully saturated rings. The first-order valence-corrected chi connectivity index (χ1v) is 2.32. The van der Waals surface area contributed by atoms with Crippen molar-refractivity contribution in [2.75, 3.05) is 13.6 Å². The highest BCUT2D eigenvalue weighted by molar-refractivity contribution is 5.73. The van der Waals surface area contributed by atoms with Gasteiger partial charge in [-0.1, -0.05) is 0 Å². The maximum absolute atomic E-state index is 10.0. The highest BCUT2D eigenvalue weighted by Gasteiger charge is 2.10. The van der Waals surface area contributed by atoms with Crippen LogP contribution in [-0.4, -0.2) is 30.7 Å². The van der Waals surface area contributed by atoms with Crippen molar-refractivity contribution in [3.63, 3.8) is 0 Å². The number of nitrogens with two attached hydrogens (primary N) is 1. The summed E-state index contributed by atoms with van der Waals surface area (Å²) in [7, 11) is 1.56. The molecule has 0 aliphatic carbocycles. The Hall–Kier alpha value is -0.610. The summed E-state index contributed by atoms with van der Waals surface area (Å²) >= 11 is 0. The lowest BCUT2D eigenvalue weighted by Crippen LogP contribution is -2.40. The van der Waals surface area contributed by atoms with Crippen molar-refractivity contribution >= 4 is 5.97 Å². The number of likely N-dealkylation sites (N-methyl/N-ethyl adjacent to an activating group) is 1. The number of hydrogen-bond acceptors (Lipinski definition) is 3. The van der Waals surface area contributed by atoms with Gasteiger partial charge in [0.25, 0.3) is 0 Å². The molecule has 0 saturated heterocycles. The van der Waals surface area contributed by atoms with Crippen LogP contribution in [0.15, 0.2) is 0 Å². The van der Waals surface area contributed by atoms with E-state index in [1.54, 1.807) is 7.05 Å². The first-order valence-electron chi connectivity index (χ1n) is 2.32. The van der Waals surface area contributed by atoms with Crippen LogP contribution in [-0.2, 0) is 4.79 Å². The Morgan fingerprint density at radius 3 is 2.50 bits per heavy atom. The monoisotopic (exact) mass is 118 g/mol. The van der Waals surface area contributed by atoms with Crippen LogP contribution in [0.3, 0.4) is 0 Å². The van der Waals surface area contributed by atoms with Gasteiger partial charge in [-0.15, -0.1) is 0 Å². The van der Waals surface area contributed by atoms with Gasteiger partial charge in [-0.05, 0) is 7.05 Å². The first-order chi connectivity index (χ1) is 3.72. The molecule has 0 radical (unpaired) electrons. The fourth-order valence-electron chi connectivity index (χ4n) is 0.342. The third-order valence-electron chi connectivity index (χ3n) is 0.882. The normalized spacial score (nSPS) is 13.2. The van der Waals surface area contributed by atoms with Gasteiger partial charge in [-0.25, -0.2) is 0 Å². The molecular formula is C4H10N2O2. The molecule has 0 aliphatic rings. The van der Waals surface area contributed by atoms with Crippen LogP contribution >= 0.6 is 0 Å². The number of carboxylic acid groups (broad SMARTS) is 1. The van der Waals surface area contributed by atoms with E-state index in [2.05, 4.69) is 5.32 Å². The first kappa shape index (κ1) is 7.39. The molecular weight excluding hydrogens is 108 g/mol. The number of aliphatic carboxylic acids is 1. The van der Waals surface area contributed by atoms with Crippen molar-refractivity contribution in [2.24, 2.45) is 5.73 Å². The smallest absolute Gasteiger partial charge is 0.322 e. The number of carbonyl (C=O) groups is 1. The largest absolute Gasteiger partial charge is 0.480 e. The summed E-state index contributed by atoms with van der Waals surface area (Å²) in [6, 6.07) is -0.602. The Balaban J connectivity index is 3.52. The van der Waals surface area contributed by atoms with E-state index in [0.717, 1.165) is 0 Å². The third kappa shape index (κ3) is 1.90. The molecule has 4 N–H and O–H groups in total. The van der Waals surface area contributed by atoms with Crippen molar-refractivity contribution in [2.45, 2.75) is 6.04 Å². The molecule has 0 spiro atoms. The molecule has 0 aromatic carbocycles. The third-order valence-corrected chi connectivity index (χ3v) is 0.882. The molecule has 0 rings (SSSR count). The van der Waals surface area contributed by atoms with Gasteiger partial charge in [-0.2, -0.15) is 0 Å². The Morgan fingerprint density at radius 2 is 2.50 bits per heavy atom. The van der Waals surface area contributed by atoms with Crippen molar-refractivity contribution in [3.8, 4) is 0 Å². The van der Waals surface area contributed by atoms with Crippen LogP contribution < -0.4 is 11.1 Å². The summed E-state index contributed by atoms with van der Waals surface area (Å²) in [4.78, 5) is 10.0. The van der Waals surface area contributed by atoms with Crippen LogP contribution in [0.2, 0.25) is 0 Å². The van der Waals surface area contributed by atoms with E-state index in [0.29, 0.717) is 0 Å². The van der Waals surface area contributed by atoms with Crippen LogP contribution in [0.5, 0.6) is 0 Å². The van der Waals surface area contributed by atoms with Gasteiger partial charge in [0, 0.05) is 6.54 Å². The van der Waals surface area contributed by atoms with Gasteiger partial charge < -0.3 is 16.2 Å². The number of nitrogens with one attached hydrogen (secondary N) is 1. The van der Waals surface area contributed by atoms with E-state index in [4.69, 9.17) is 10.8 Å². The zero-order chi connectivity index (χ0) is 6.57. The van der Waals surface area contributed by atoms with E-state index >= 15 is 0 Å². The Morgan fingerprint density at radius 1 is 2.00 bits per heavy atom. The molecule has 0 saturated carbocycles. The van der Waals surface area contributed by atoms with Gasteiger partial charge >= 0.3 is 5.97 Å². The lowest BCUT2D eigenvalue weighted by Gasteiger charge is -2.05. The van der Waals surface area contributed by atoms with Crippen molar-refractivity contribution in [3.05, 3.63) is 0 Å². The quantitative estimate of drug-likeness (QED) is 0.427. The molecule has 0 amide bonds. The van der Waals surface area contributed by atoms with Crippen LogP contribution in [0, 0.1) is 0 Å². The number of rotatable bonds is 3. The second-order valence-electron chi connectivity index (χ2n) is 1.42. The fourth-order valence-corrected chi connectivity index (χ4v) is 0.342. The summed E-state index contributed by atoms with van der Waals surface area (Å²) in [5.41, 5.74) is 5.04. The van der Waals surface area contributed by atoms with Crippen LogP contribution in [0.25, 0.3) is 0 Å². The SMILES string of the molecule is CNC(CN)C(=O)O. The summed E-state index contributed by atoms with van der Waals surface area (Å²) in [5.74, 6) is -0.907. The minimum absolute atomic E-state index is 0.131. The van der Waals surface area contributed by atoms with E-state index in [1.165, 1.54) is 0 Å². The molecule has 0 aliphatic heterocycles. The average Bonchev–Trinajstić information content (AvgIpc) is 1.69. The van der Waals surface area contributed by atoms with E-state index in [9.17, 15) is 4.79 Å². The van der Waals surface area contributed by atoms with Crippen LogP contribution in [0.4, 0.5) is 0 Å². The van der Waals surface area contributed by atoms with Gasteiger partial charge in [0.05, 0.1) is 0 Å². The highest BCUT2D eigenvalue weighted by Crippen LogP contribution is 1.74. The van der Waals surface area contributed by atoms with Gasteiger partial charge in [0.15, 0.2) is 0 Å². The summed E-state index contributed by atoms with van der Waals surface area (Å²) in [6.07, 6.45) is 0. The van der Waals surface area contributed by atoms with Crippen molar-refractivity contribution in [1.82, 2.24) is 5.32 Å². The maximum Gasteiger partial charge on any atom is 0.322 e. The molecule has 1 atom stereocenters. The summed E-state index contributed by atoms with van der Waals surface area (Å²) < 4.78 is 0. The maximum atomic E-state index is 10.0. The van der Waals surface area contributed by atoms with E-state index in [1.807, 2.05) is 0 Å². The Labute approximate surface area is 47.7 Å². The molecule has 48 valence electrons. The van der Waals surface area contributed by atoms with E-state index in [-0.39, 0.29) is 6.54 Å². The Bertz CT molecular complexity index is 80.1. The van der Waals surface area contributed by atoms with Gasteiger partial charge in [-0.3, -0.25) is 4.79 Å². The zero-order valence-electron chi connectivity index (χ0n) is 4.72. The number of carboxylic acids is 1. The summed E-state index contributed by atoms with van der Waals surface area (Å²) in [5, 5.41) is 10.8. The van der Waals surface area contributed by atoms with Gasteiger partial charge in [0.1, 0.15) is 6.04 Å². The zero-order valence-corrected chi connectivity index (χ0v) is 4.72. The summed E-state index contributed by atoms with van der Waals surface area (Å²) in [6.45, 7) is 0.131. The predicted molar refractivity (Wildman–Crippen MR) is 29.5 cm³/mol. The molecule has 0 bridgehead atoms. The van der Waals surface area contributed by atoms with Crippen molar-refractivity contribution < 1.29 is 9.90 Å². The Kier molecular flexibility index (Phi) is 3.14. The minimum Gasteiger partial charge on any atom is -0.480 e. The average molecular weight is 118 g/mol. The standard InChI is InChI=1S/C4H10N2O2/c1-6-3(2-5)4(7)8/h3,6H,2,5H2,1H3,(H,7,8). The fraction of sp³-hybridized carbons (Fsp3) is 0.750. The second-order valence-corrected chi connectivity index (χ2v) is 1.42. The molecule has 1 unspecified atom stereocenters. The van der Waals surface area contributed by atoms with E-state index < -0.39 is 12.0 Å². The molecule has 0 aromatic rings. The topological polar surface area (TPSA) is 75.3 Å². The molecule has 0 aromatic heterocycles. The highest BCUT2D eigenvalue weighted by atomic mass is 16.4. The molecule has 4 heteroatoms. The van der Waals surface area contributed by atoms with Crippen molar-refractivity contribution in [1.29, 1.82) is 0 Å². The number of hydrogen-bond donors (Lipinski definition) is 3. The predicted octanol–water partition coefficient (Wildman–Crippen LogP) is -1.38. The molecule has 4 nitrogen and oxygen atoms in total. The minimum atomic E-state index is -0.907.